The van der Waals surface area contributed by atoms with E-state index in [-0.39, 0.29) is 5.56 Å². The molecule has 0 spiro atoms. The van der Waals surface area contributed by atoms with Gasteiger partial charge in [-0.25, -0.2) is 9.78 Å². The molecule has 1 saturated carbocycles. The summed E-state index contributed by atoms with van der Waals surface area (Å²) in [6, 6.07) is 11.5. The minimum Gasteiger partial charge on any atom is -0.494 e. The molecule has 1 N–H and O–H groups in total. The highest BCUT2D eigenvalue weighted by Crippen LogP contribution is 2.39. The molecule has 1 fully saturated rings. The van der Waals surface area contributed by atoms with Crippen molar-refractivity contribution in [2.24, 2.45) is 13.0 Å². The Bertz CT molecular complexity index is 1280. The fraction of sp³-hybridized carbons (Fsp3) is 0.273. The summed E-state index contributed by atoms with van der Waals surface area (Å²) in [6.45, 7) is 0.947. The van der Waals surface area contributed by atoms with Gasteiger partial charge in [0.15, 0.2) is 5.82 Å². The molecular weight excluding hydrogens is 434 g/mol. The molecule has 5 rings (SSSR count). The first-order valence-corrected chi connectivity index (χ1v) is 10.3. The summed E-state index contributed by atoms with van der Waals surface area (Å²) in [6.07, 6.45) is 2.50. The molecule has 1 aliphatic carbocycles. The number of ether oxygens (including phenoxy) is 1. The van der Waals surface area contributed by atoms with Crippen LogP contribution in [0.5, 0.6) is 5.75 Å². The summed E-state index contributed by atoms with van der Waals surface area (Å²) in [5.41, 5.74) is 3.76. The van der Waals surface area contributed by atoms with Gasteiger partial charge in [-0.1, -0.05) is 12.1 Å². The van der Waals surface area contributed by atoms with Gasteiger partial charge in [-0.3, -0.25) is 0 Å². The molecule has 2 aromatic heterocycles. The number of benzene rings is 2. The van der Waals surface area contributed by atoms with Gasteiger partial charge in [-0.15, -0.1) is 0 Å². The number of carboxylic acids is 1. The molecule has 0 amide bonds. The monoisotopic (exact) mass is 453 g/mol. The third kappa shape index (κ3) is 2.92. The topological polar surface area (TPSA) is 69.3 Å². The molecule has 4 aromatic rings. The van der Waals surface area contributed by atoms with Crippen molar-refractivity contribution >= 4 is 43.8 Å². The summed E-state index contributed by atoms with van der Waals surface area (Å²) < 4.78 is 10.9. The first-order chi connectivity index (χ1) is 14.0. The van der Waals surface area contributed by atoms with Crippen LogP contribution >= 0.6 is 15.9 Å². The van der Waals surface area contributed by atoms with Gasteiger partial charge in [0.25, 0.3) is 0 Å². The number of aromatic nitrogens is 3. The lowest BCUT2D eigenvalue weighted by molar-refractivity contribution is 0.0696. The summed E-state index contributed by atoms with van der Waals surface area (Å²) in [7, 11) is 3.50. The van der Waals surface area contributed by atoms with Gasteiger partial charge in [-0.2, -0.15) is 0 Å². The normalized spacial score (nSPS) is 14.0. The Kier molecular flexibility index (Phi) is 4.17. The van der Waals surface area contributed by atoms with E-state index in [0.717, 1.165) is 33.4 Å². The molecule has 0 saturated heterocycles. The highest BCUT2D eigenvalue weighted by Gasteiger charge is 2.26. The largest absolute Gasteiger partial charge is 0.494 e. The van der Waals surface area contributed by atoms with Crippen LogP contribution in [0.1, 0.15) is 23.2 Å². The second-order valence-corrected chi connectivity index (χ2v) is 8.46. The molecule has 2 heterocycles. The van der Waals surface area contributed by atoms with Gasteiger partial charge in [0, 0.05) is 23.5 Å². The van der Waals surface area contributed by atoms with Crippen molar-refractivity contribution < 1.29 is 14.6 Å². The molecule has 29 heavy (non-hydrogen) atoms. The number of rotatable bonds is 5. The maximum absolute atomic E-state index is 11.5. The Labute approximate surface area is 175 Å². The molecule has 0 radical (unpaired) electrons. The van der Waals surface area contributed by atoms with Crippen LogP contribution in [0.15, 0.2) is 40.9 Å². The number of aromatic carboxylic acids is 1. The number of hydrogen-bond acceptors (Lipinski definition) is 3. The van der Waals surface area contributed by atoms with Crippen molar-refractivity contribution in [3.63, 3.8) is 0 Å². The van der Waals surface area contributed by atoms with Crippen LogP contribution in [0.25, 0.3) is 33.5 Å². The fourth-order valence-electron chi connectivity index (χ4n) is 4.03. The zero-order valence-electron chi connectivity index (χ0n) is 16.1. The second-order valence-electron chi connectivity index (χ2n) is 7.61. The zero-order chi connectivity index (χ0) is 20.3. The molecule has 0 unspecified atom stereocenters. The average molecular weight is 454 g/mol. The van der Waals surface area contributed by atoms with Crippen LogP contribution in [0.2, 0.25) is 0 Å². The number of nitrogens with zero attached hydrogens (tertiary/aromatic N) is 3. The lowest BCUT2D eigenvalue weighted by Gasteiger charge is -2.11. The van der Waals surface area contributed by atoms with Crippen molar-refractivity contribution in [2.75, 3.05) is 7.11 Å². The molecule has 2 aromatic carbocycles. The molecule has 7 heteroatoms. The number of carbonyl (C=O) groups is 1. The summed E-state index contributed by atoms with van der Waals surface area (Å²) in [5.74, 6) is 1.00. The number of halogens is 1. The fourth-order valence-corrected chi connectivity index (χ4v) is 4.63. The number of aryl methyl sites for hydroxylation is 1. The van der Waals surface area contributed by atoms with E-state index < -0.39 is 5.97 Å². The Balaban J connectivity index is 1.79. The van der Waals surface area contributed by atoms with Crippen LogP contribution in [-0.4, -0.2) is 32.3 Å². The van der Waals surface area contributed by atoms with Gasteiger partial charge in [0.05, 0.1) is 29.4 Å². The Morgan fingerprint density at radius 1 is 1.28 bits per heavy atom. The molecule has 0 aliphatic heterocycles. The van der Waals surface area contributed by atoms with E-state index in [0.29, 0.717) is 17.2 Å². The van der Waals surface area contributed by atoms with Crippen molar-refractivity contribution in [2.45, 2.75) is 19.4 Å². The smallest absolute Gasteiger partial charge is 0.335 e. The standard InChI is InChI=1S/C22H20BrN3O3/c1-25-20-16(8-14(22(27)28)10-18(20)29-2)24-21(25)17-9-13-4-3-5-15(23)19(13)26(17)11-12-6-7-12/h3-5,8-10,12H,6-7,11H2,1-2H3,(H,27,28). The number of para-hydroxylation sites is 1. The van der Waals surface area contributed by atoms with Gasteiger partial charge >= 0.3 is 5.97 Å². The summed E-state index contributed by atoms with van der Waals surface area (Å²) in [5, 5.41) is 10.6. The number of imidazole rings is 1. The Hall–Kier alpha value is -2.80. The predicted octanol–water partition coefficient (Wildman–Crippen LogP) is 5.07. The SMILES string of the molecule is COc1cc(C(=O)O)cc2nc(-c3cc4cccc(Br)c4n3CC3CC3)n(C)c12. The third-order valence-electron chi connectivity index (χ3n) is 5.64. The van der Waals surface area contributed by atoms with E-state index in [1.54, 1.807) is 19.2 Å². The quantitative estimate of drug-likeness (QED) is 0.457. The second kappa shape index (κ2) is 6.62. The van der Waals surface area contributed by atoms with Crippen LogP contribution in [0.3, 0.4) is 0 Å². The minimum atomic E-state index is -0.996. The molecule has 0 atom stereocenters. The van der Waals surface area contributed by atoms with E-state index in [9.17, 15) is 9.90 Å². The first-order valence-electron chi connectivity index (χ1n) is 9.53. The maximum Gasteiger partial charge on any atom is 0.335 e. The van der Waals surface area contributed by atoms with Crippen LogP contribution in [0.4, 0.5) is 0 Å². The van der Waals surface area contributed by atoms with Crippen molar-refractivity contribution in [1.82, 2.24) is 14.1 Å². The van der Waals surface area contributed by atoms with Crippen molar-refractivity contribution in [1.29, 1.82) is 0 Å². The van der Waals surface area contributed by atoms with Gasteiger partial charge in [0.1, 0.15) is 11.3 Å². The Morgan fingerprint density at radius 2 is 2.07 bits per heavy atom. The van der Waals surface area contributed by atoms with Gasteiger partial charge in [-0.05, 0) is 59.0 Å². The van der Waals surface area contributed by atoms with E-state index in [4.69, 9.17) is 9.72 Å². The number of fused-ring (bicyclic) bond motifs is 2. The lowest BCUT2D eigenvalue weighted by Crippen LogP contribution is -2.05. The van der Waals surface area contributed by atoms with Gasteiger partial charge in [0.2, 0.25) is 0 Å². The lowest BCUT2D eigenvalue weighted by atomic mass is 10.2. The van der Waals surface area contributed by atoms with E-state index in [1.807, 2.05) is 17.7 Å². The number of carboxylic acid groups (broad SMARTS) is 1. The average Bonchev–Trinajstić information content (AvgIpc) is 3.35. The zero-order valence-corrected chi connectivity index (χ0v) is 17.7. The molecular formula is C22H20BrN3O3. The highest BCUT2D eigenvalue weighted by atomic mass is 79.9. The molecule has 1 aliphatic rings. The summed E-state index contributed by atoms with van der Waals surface area (Å²) in [4.78, 5) is 16.3. The van der Waals surface area contributed by atoms with Crippen molar-refractivity contribution in [3.8, 4) is 17.3 Å². The maximum atomic E-state index is 11.5. The minimum absolute atomic E-state index is 0.167. The highest BCUT2D eigenvalue weighted by molar-refractivity contribution is 9.10. The van der Waals surface area contributed by atoms with Gasteiger partial charge < -0.3 is 19.0 Å². The Morgan fingerprint density at radius 3 is 2.76 bits per heavy atom. The molecule has 0 bridgehead atoms. The first kappa shape index (κ1) is 18.2. The van der Waals surface area contributed by atoms with E-state index in [2.05, 4.69) is 38.7 Å². The predicted molar refractivity (Wildman–Crippen MR) is 116 cm³/mol. The van der Waals surface area contributed by atoms with Crippen LogP contribution in [-0.2, 0) is 13.6 Å². The third-order valence-corrected chi connectivity index (χ3v) is 6.28. The van der Waals surface area contributed by atoms with Crippen molar-refractivity contribution in [3.05, 3.63) is 46.4 Å². The summed E-state index contributed by atoms with van der Waals surface area (Å²) >= 11 is 3.71. The number of methoxy groups -OCH3 is 1. The molecule has 6 nitrogen and oxygen atoms in total. The van der Waals surface area contributed by atoms with E-state index in [1.165, 1.54) is 18.4 Å². The van der Waals surface area contributed by atoms with Crippen LogP contribution in [0, 0.1) is 5.92 Å². The number of hydrogen-bond donors (Lipinski definition) is 1. The molecule has 148 valence electrons. The van der Waals surface area contributed by atoms with E-state index >= 15 is 0 Å². The van der Waals surface area contributed by atoms with Crippen LogP contribution < -0.4 is 4.74 Å².